The summed E-state index contributed by atoms with van der Waals surface area (Å²) in [5.74, 6) is 0.646. The van der Waals surface area contributed by atoms with Crippen LogP contribution >= 0.6 is 11.6 Å². The van der Waals surface area contributed by atoms with E-state index in [2.05, 4.69) is 15.0 Å². The van der Waals surface area contributed by atoms with Gasteiger partial charge in [0.2, 0.25) is 0 Å². The Labute approximate surface area is 106 Å². The molecule has 0 aliphatic carbocycles. The second kappa shape index (κ2) is 4.80. The van der Waals surface area contributed by atoms with E-state index < -0.39 is 0 Å². The van der Waals surface area contributed by atoms with Crippen molar-refractivity contribution in [2.24, 2.45) is 0 Å². The summed E-state index contributed by atoms with van der Waals surface area (Å²) >= 11 is 6.04. The van der Waals surface area contributed by atoms with Crippen LogP contribution in [0.25, 0.3) is 11.5 Å². The molecule has 0 saturated heterocycles. The van der Waals surface area contributed by atoms with E-state index in [0.29, 0.717) is 5.82 Å². The Morgan fingerprint density at radius 2 is 2.00 bits per heavy atom. The molecule has 2 aromatic heterocycles. The summed E-state index contributed by atoms with van der Waals surface area (Å²) in [6, 6.07) is 3.92. The van der Waals surface area contributed by atoms with E-state index in [1.807, 2.05) is 32.9 Å². The molecule has 0 fully saturated rings. The lowest BCUT2D eigenvalue weighted by Crippen LogP contribution is -1.99. The summed E-state index contributed by atoms with van der Waals surface area (Å²) in [6.07, 6.45) is 3.54. The molecule has 1 atom stereocenters. The third-order valence-electron chi connectivity index (χ3n) is 2.59. The molecule has 2 heterocycles. The standard InChI is InChI=1S/C13H14ClN3/c1-8-4-5-15-12(6-8)13-16-7-11(9(2)14)10(3)17-13/h4-7,9H,1-3H3. The Morgan fingerprint density at radius 1 is 1.24 bits per heavy atom. The fourth-order valence-electron chi connectivity index (χ4n) is 1.65. The lowest BCUT2D eigenvalue weighted by molar-refractivity contribution is 0.970. The second-order valence-corrected chi connectivity index (χ2v) is 4.72. The van der Waals surface area contributed by atoms with E-state index >= 15 is 0 Å². The van der Waals surface area contributed by atoms with Gasteiger partial charge in [0.15, 0.2) is 5.82 Å². The van der Waals surface area contributed by atoms with Crippen LogP contribution in [0.5, 0.6) is 0 Å². The first-order chi connectivity index (χ1) is 8.08. The zero-order chi connectivity index (χ0) is 12.4. The van der Waals surface area contributed by atoms with Crippen molar-refractivity contribution in [2.45, 2.75) is 26.1 Å². The Balaban J connectivity index is 2.44. The van der Waals surface area contributed by atoms with Gasteiger partial charge in [-0.25, -0.2) is 9.97 Å². The molecule has 0 aromatic carbocycles. The first-order valence-corrected chi connectivity index (χ1v) is 5.92. The monoisotopic (exact) mass is 247 g/mol. The van der Waals surface area contributed by atoms with Crippen LogP contribution in [0.3, 0.4) is 0 Å². The molecule has 0 aliphatic rings. The number of aromatic nitrogens is 3. The van der Waals surface area contributed by atoms with Gasteiger partial charge in [0.05, 0.1) is 5.38 Å². The topological polar surface area (TPSA) is 38.7 Å². The molecule has 2 aromatic rings. The Morgan fingerprint density at radius 3 is 2.59 bits per heavy atom. The molecule has 0 bridgehead atoms. The van der Waals surface area contributed by atoms with Crippen molar-refractivity contribution >= 4 is 11.6 Å². The van der Waals surface area contributed by atoms with Gasteiger partial charge in [-0.05, 0) is 38.5 Å². The Kier molecular flexibility index (Phi) is 3.38. The van der Waals surface area contributed by atoms with Gasteiger partial charge >= 0.3 is 0 Å². The lowest BCUT2D eigenvalue weighted by atomic mass is 10.2. The molecule has 0 aliphatic heterocycles. The molecule has 0 saturated carbocycles. The van der Waals surface area contributed by atoms with Crippen molar-refractivity contribution in [2.75, 3.05) is 0 Å². The highest BCUT2D eigenvalue weighted by molar-refractivity contribution is 6.20. The van der Waals surface area contributed by atoms with Crippen LogP contribution in [0.1, 0.15) is 29.1 Å². The smallest absolute Gasteiger partial charge is 0.178 e. The van der Waals surface area contributed by atoms with E-state index in [1.54, 1.807) is 12.4 Å². The van der Waals surface area contributed by atoms with Gasteiger partial charge in [-0.1, -0.05) is 0 Å². The highest BCUT2D eigenvalue weighted by Crippen LogP contribution is 2.23. The van der Waals surface area contributed by atoms with Gasteiger partial charge in [-0.15, -0.1) is 11.6 Å². The normalized spacial score (nSPS) is 12.5. The van der Waals surface area contributed by atoms with E-state index in [9.17, 15) is 0 Å². The maximum Gasteiger partial charge on any atom is 0.178 e. The molecule has 3 nitrogen and oxygen atoms in total. The van der Waals surface area contributed by atoms with E-state index in [0.717, 1.165) is 22.5 Å². The molecule has 2 rings (SSSR count). The molecule has 0 radical (unpaired) electrons. The molecule has 4 heteroatoms. The number of hydrogen-bond donors (Lipinski definition) is 0. The first-order valence-electron chi connectivity index (χ1n) is 5.48. The molecule has 0 amide bonds. The number of pyridine rings is 1. The SMILES string of the molecule is Cc1ccnc(-c2ncc(C(C)Cl)c(C)n2)c1. The average molecular weight is 248 g/mol. The minimum Gasteiger partial charge on any atom is -0.253 e. The largest absolute Gasteiger partial charge is 0.253 e. The number of aryl methyl sites for hydroxylation is 2. The van der Waals surface area contributed by atoms with Crippen LogP contribution in [-0.4, -0.2) is 15.0 Å². The van der Waals surface area contributed by atoms with Crippen molar-refractivity contribution in [3.63, 3.8) is 0 Å². The van der Waals surface area contributed by atoms with E-state index in [-0.39, 0.29) is 5.38 Å². The van der Waals surface area contributed by atoms with Gasteiger partial charge in [0, 0.05) is 23.7 Å². The fourth-order valence-corrected chi connectivity index (χ4v) is 1.86. The number of hydrogen-bond acceptors (Lipinski definition) is 3. The summed E-state index contributed by atoms with van der Waals surface area (Å²) in [4.78, 5) is 13.0. The highest BCUT2D eigenvalue weighted by Gasteiger charge is 2.10. The van der Waals surface area contributed by atoms with Gasteiger partial charge in [0.25, 0.3) is 0 Å². The lowest BCUT2D eigenvalue weighted by Gasteiger charge is -2.08. The summed E-state index contributed by atoms with van der Waals surface area (Å²) in [5.41, 5.74) is 3.80. The fraction of sp³-hybridized carbons (Fsp3) is 0.308. The van der Waals surface area contributed by atoms with Crippen LogP contribution < -0.4 is 0 Å². The zero-order valence-electron chi connectivity index (χ0n) is 10.1. The van der Waals surface area contributed by atoms with Crippen LogP contribution in [0, 0.1) is 13.8 Å². The summed E-state index contributed by atoms with van der Waals surface area (Å²) in [7, 11) is 0. The Hall–Kier alpha value is -1.48. The molecule has 0 spiro atoms. The van der Waals surface area contributed by atoms with Crippen LogP contribution in [0.4, 0.5) is 0 Å². The molecular weight excluding hydrogens is 234 g/mol. The summed E-state index contributed by atoms with van der Waals surface area (Å²) in [6.45, 7) is 5.88. The van der Waals surface area contributed by atoms with Gasteiger partial charge in [-0.2, -0.15) is 0 Å². The maximum absolute atomic E-state index is 6.04. The number of rotatable bonds is 2. The van der Waals surface area contributed by atoms with Gasteiger partial charge in [0.1, 0.15) is 5.69 Å². The van der Waals surface area contributed by atoms with E-state index in [1.165, 1.54) is 0 Å². The molecule has 0 N–H and O–H groups in total. The number of nitrogens with zero attached hydrogens (tertiary/aromatic N) is 3. The summed E-state index contributed by atoms with van der Waals surface area (Å²) < 4.78 is 0. The highest BCUT2D eigenvalue weighted by atomic mass is 35.5. The predicted molar refractivity (Wildman–Crippen MR) is 69.0 cm³/mol. The van der Waals surface area contributed by atoms with Crippen LogP contribution in [0.2, 0.25) is 0 Å². The molecule has 1 unspecified atom stereocenters. The van der Waals surface area contributed by atoms with Crippen LogP contribution in [-0.2, 0) is 0 Å². The van der Waals surface area contributed by atoms with Gasteiger partial charge < -0.3 is 0 Å². The Bertz CT molecular complexity index is 538. The average Bonchev–Trinajstić information content (AvgIpc) is 2.28. The summed E-state index contributed by atoms with van der Waals surface area (Å²) in [5, 5.41) is -0.0745. The molecular formula is C13H14ClN3. The number of alkyl halides is 1. The third kappa shape index (κ3) is 2.61. The minimum absolute atomic E-state index is 0.0745. The molecule has 88 valence electrons. The van der Waals surface area contributed by atoms with Crippen molar-refractivity contribution in [3.05, 3.63) is 41.3 Å². The van der Waals surface area contributed by atoms with Gasteiger partial charge in [-0.3, -0.25) is 4.98 Å². The maximum atomic E-state index is 6.04. The van der Waals surface area contributed by atoms with Crippen LogP contribution in [0.15, 0.2) is 24.5 Å². The quantitative estimate of drug-likeness (QED) is 0.763. The molecule has 17 heavy (non-hydrogen) atoms. The first kappa shape index (κ1) is 12.0. The van der Waals surface area contributed by atoms with Crippen molar-refractivity contribution in [1.82, 2.24) is 15.0 Å². The second-order valence-electron chi connectivity index (χ2n) is 4.07. The number of halogens is 1. The predicted octanol–water partition coefficient (Wildman–Crippen LogP) is 3.46. The van der Waals surface area contributed by atoms with Crippen molar-refractivity contribution in [3.8, 4) is 11.5 Å². The zero-order valence-corrected chi connectivity index (χ0v) is 10.9. The third-order valence-corrected chi connectivity index (χ3v) is 2.83. The van der Waals surface area contributed by atoms with Crippen molar-refractivity contribution < 1.29 is 0 Å². The van der Waals surface area contributed by atoms with E-state index in [4.69, 9.17) is 11.6 Å². The minimum atomic E-state index is -0.0745. The van der Waals surface area contributed by atoms with Crippen molar-refractivity contribution in [1.29, 1.82) is 0 Å².